The summed E-state index contributed by atoms with van der Waals surface area (Å²) in [5.41, 5.74) is 34.4. The minimum Gasteiger partial charge on any atom is -0.228 e. The molecular formula is C88H70N2. The van der Waals surface area contributed by atoms with Gasteiger partial charge < -0.3 is 0 Å². The molecule has 0 amide bonds. The Labute approximate surface area is 531 Å². The van der Waals surface area contributed by atoms with E-state index in [2.05, 4.69) is 333 Å². The Morgan fingerprint density at radius 1 is 0.167 bits per heavy atom. The number of nitrogens with zero attached hydrogens (tertiary/aromatic N) is 2. The highest BCUT2D eigenvalue weighted by molar-refractivity contribution is 5.86. The summed E-state index contributed by atoms with van der Waals surface area (Å²) in [6, 6.07) is 114. The van der Waals surface area contributed by atoms with E-state index in [1.54, 1.807) is 0 Å². The van der Waals surface area contributed by atoms with Crippen molar-refractivity contribution in [3.8, 4) is 134 Å². The van der Waals surface area contributed by atoms with E-state index in [4.69, 9.17) is 9.97 Å². The molecule has 0 saturated heterocycles. The van der Waals surface area contributed by atoms with Crippen molar-refractivity contribution in [2.24, 2.45) is 0 Å². The quantitative estimate of drug-likeness (QED) is 0.122. The van der Waals surface area contributed by atoms with Crippen LogP contribution in [0.5, 0.6) is 0 Å². The number of aryl methyl sites for hydroxylation is 6. The number of hydrogen-bond acceptors (Lipinski definition) is 2. The van der Waals surface area contributed by atoms with Gasteiger partial charge in [0.1, 0.15) is 0 Å². The first-order valence-electron chi connectivity index (χ1n) is 31.1. The lowest BCUT2D eigenvalue weighted by molar-refractivity contribution is 1.18. The summed E-state index contributed by atoms with van der Waals surface area (Å²) in [7, 11) is 0. The molecule has 0 saturated carbocycles. The van der Waals surface area contributed by atoms with Crippen molar-refractivity contribution in [3.05, 3.63) is 349 Å². The molecule has 0 bridgehead atoms. The van der Waals surface area contributed by atoms with E-state index in [-0.39, 0.29) is 0 Å². The lowest BCUT2D eigenvalue weighted by Crippen LogP contribution is -1.96. The highest BCUT2D eigenvalue weighted by Crippen LogP contribution is 2.39. The zero-order valence-electron chi connectivity index (χ0n) is 51.9. The van der Waals surface area contributed by atoms with Crippen LogP contribution in [0.3, 0.4) is 0 Å². The number of hydrogen-bond donors (Lipinski definition) is 0. The van der Waals surface area contributed by atoms with Gasteiger partial charge in [-0.15, -0.1) is 0 Å². The highest BCUT2D eigenvalue weighted by Gasteiger charge is 2.16. The van der Waals surface area contributed by atoms with Gasteiger partial charge in [-0.25, -0.2) is 9.97 Å². The minimum atomic E-state index is 0.706. The van der Waals surface area contributed by atoms with E-state index < -0.39 is 0 Å². The fourth-order valence-corrected chi connectivity index (χ4v) is 12.4. The smallest absolute Gasteiger partial charge is 0.160 e. The maximum Gasteiger partial charge on any atom is 0.160 e. The van der Waals surface area contributed by atoms with Gasteiger partial charge in [0.25, 0.3) is 0 Å². The zero-order valence-corrected chi connectivity index (χ0v) is 51.9. The molecule has 0 aliphatic heterocycles. The number of aromatic nitrogens is 2. The van der Waals surface area contributed by atoms with Crippen LogP contribution >= 0.6 is 0 Å². The van der Waals surface area contributed by atoms with E-state index in [0.717, 1.165) is 50.3 Å². The second-order valence-electron chi connectivity index (χ2n) is 23.9. The molecule has 14 aromatic rings. The molecule has 0 N–H and O–H groups in total. The maximum atomic E-state index is 5.22. The zero-order chi connectivity index (χ0) is 61.5. The predicted molar refractivity (Wildman–Crippen MR) is 382 cm³/mol. The molecule has 0 spiro atoms. The van der Waals surface area contributed by atoms with Crippen LogP contribution < -0.4 is 0 Å². The summed E-state index contributed by atoms with van der Waals surface area (Å²) in [6.45, 7) is 13.0. The van der Waals surface area contributed by atoms with Crippen LogP contribution in [-0.2, 0) is 0 Å². The third-order valence-electron chi connectivity index (χ3n) is 16.8. The summed E-state index contributed by atoms with van der Waals surface area (Å²) in [5, 5.41) is 0. The largest absolute Gasteiger partial charge is 0.228 e. The molecule has 0 radical (unpaired) electrons. The first-order valence-corrected chi connectivity index (χ1v) is 31.1. The Balaban J connectivity index is 0.000000171. The molecule has 0 fully saturated rings. The molecule has 0 aliphatic carbocycles. The van der Waals surface area contributed by atoms with Crippen molar-refractivity contribution in [2.45, 2.75) is 41.5 Å². The Kier molecular flexibility index (Phi) is 16.8. The fraction of sp³-hybridized carbons (Fsp3) is 0.0682. The molecule has 432 valence electrons. The molecule has 13 aromatic carbocycles. The topological polar surface area (TPSA) is 25.8 Å². The van der Waals surface area contributed by atoms with Crippen molar-refractivity contribution < 1.29 is 0 Å². The molecule has 2 heteroatoms. The Hall–Kier alpha value is -11.1. The number of benzene rings is 13. The Morgan fingerprint density at radius 2 is 0.433 bits per heavy atom. The molecule has 0 unspecified atom stereocenters. The van der Waals surface area contributed by atoms with Crippen LogP contribution in [0.4, 0.5) is 0 Å². The first-order chi connectivity index (χ1) is 44.0. The van der Waals surface area contributed by atoms with Crippen LogP contribution in [0.15, 0.2) is 315 Å². The lowest BCUT2D eigenvalue weighted by Gasteiger charge is -2.14. The van der Waals surface area contributed by atoms with E-state index in [1.807, 2.05) is 24.3 Å². The summed E-state index contributed by atoms with van der Waals surface area (Å²) in [5.74, 6) is 0.706. The van der Waals surface area contributed by atoms with Crippen molar-refractivity contribution in [1.82, 2.24) is 9.97 Å². The van der Waals surface area contributed by atoms with E-state index in [9.17, 15) is 0 Å². The average Bonchev–Trinajstić information content (AvgIpc) is 0.962. The van der Waals surface area contributed by atoms with Crippen LogP contribution in [0.25, 0.3) is 134 Å². The molecule has 14 rings (SSSR count). The van der Waals surface area contributed by atoms with E-state index in [0.29, 0.717) is 5.82 Å². The average molecular weight is 1160 g/mol. The van der Waals surface area contributed by atoms with Crippen LogP contribution in [0, 0.1) is 41.5 Å². The third-order valence-corrected chi connectivity index (χ3v) is 16.8. The fourth-order valence-electron chi connectivity index (χ4n) is 12.4. The monoisotopic (exact) mass is 1150 g/mol. The molecule has 0 aliphatic rings. The summed E-state index contributed by atoms with van der Waals surface area (Å²) in [6.07, 6.45) is 0. The standard InChI is InChI=1S/C49H38N2.C39H32/c1-33-13-10-18-38(24-33)39-19-11-21-41(27-39)44-29-45(42-22-12-20-40(28-42)43-25-34(2)23-35(3)26-43)31-46(30-44)48-32-47(36-14-6-4-7-15-36)50-49(51-48)37-16-8-5-9-17-37;1-27-20-28(2)22-38(21-27)36-17-8-15-34(25-36)32-13-6-11-30(23-32)31-12-7-14-33(24-31)35-16-9-18-37(26-35)39-19-5-4-10-29(39)3/h4-32H,1-3H3;4-26H,1-3H3. The number of rotatable bonds is 12. The van der Waals surface area contributed by atoms with Gasteiger partial charge in [-0.1, -0.05) is 283 Å². The van der Waals surface area contributed by atoms with Crippen LogP contribution in [0.2, 0.25) is 0 Å². The van der Waals surface area contributed by atoms with Gasteiger partial charge in [0.05, 0.1) is 11.4 Å². The van der Waals surface area contributed by atoms with Gasteiger partial charge in [-0.3, -0.25) is 0 Å². The summed E-state index contributed by atoms with van der Waals surface area (Å²) < 4.78 is 0. The highest BCUT2D eigenvalue weighted by atomic mass is 14.9. The van der Waals surface area contributed by atoms with E-state index >= 15 is 0 Å². The SMILES string of the molecule is Cc1cc(C)cc(-c2cccc(-c3cccc(-c4cccc(-c5cccc(-c6ccccc6C)c5)c4)c3)c2)c1.Cc1cccc(-c2cccc(-c3cc(-c4cccc(-c5cc(C)cc(C)c5)c4)cc(-c4cc(-c5ccccc5)nc(-c5ccccc5)n4)c3)c2)c1. The van der Waals surface area contributed by atoms with E-state index in [1.165, 1.54) is 111 Å². The molecule has 1 aromatic heterocycles. The van der Waals surface area contributed by atoms with Crippen molar-refractivity contribution >= 4 is 0 Å². The molecule has 90 heavy (non-hydrogen) atoms. The van der Waals surface area contributed by atoms with Gasteiger partial charge >= 0.3 is 0 Å². The summed E-state index contributed by atoms with van der Waals surface area (Å²) in [4.78, 5) is 10.3. The molecule has 0 atom stereocenters. The van der Waals surface area contributed by atoms with Gasteiger partial charge in [-0.05, 0) is 208 Å². The molecule has 2 nitrogen and oxygen atoms in total. The summed E-state index contributed by atoms with van der Waals surface area (Å²) >= 11 is 0. The second kappa shape index (κ2) is 26.1. The maximum absolute atomic E-state index is 5.22. The third kappa shape index (κ3) is 13.4. The Morgan fingerprint density at radius 3 is 0.833 bits per heavy atom. The normalized spacial score (nSPS) is 11.0. The van der Waals surface area contributed by atoms with Gasteiger partial charge in [0.2, 0.25) is 0 Å². The Bertz CT molecular complexity index is 4800. The minimum absolute atomic E-state index is 0.706. The molecule has 1 heterocycles. The first kappa shape index (κ1) is 58.0. The second-order valence-corrected chi connectivity index (χ2v) is 23.9. The van der Waals surface area contributed by atoms with Gasteiger partial charge in [0.15, 0.2) is 5.82 Å². The predicted octanol–water partition coefficient (Wildman–Crippen LogP) is 24.0. The molecular weight excluding hydrogens is 1080 g/mol. The van der Waals surface area contributed by atoms with Crippen molar-refractivity contribution in [3.63, 3.8) is 0 Å². The van der Waals surface area contributed by atoms with Crippen molar-refractivity contribution in [1.29, 1.82) is 0 Å². The van der Waals surface area contributed by atoms with Crippen molar-refractivity contribution in [2.75, 3.05) is 0 Å². The van der Waals surface area contributed by atoms with Gasteiger partial charge in [0, 0.05) is 16.7 Å². The van der Waals surface area contributed by atoms with Crippen LogP contribution in [-0.4, -0.2) is 9.97 Å². The van der Waals surface area contributed by atoms with Gasteiger partial charge in [-0.2, -0.15) is 0 Å². The lowest BCUT2D eigenvalue weighted by atomic mass is 9.91. The van der Waals surface area contributed by atoms with Crippen LogP contribution in [0.1, 0.15) is 33.4 Å².